The van der Waals surface area contributed by atoms with Gasteiger partial charge in [0.15, 0.2) is 0 Å². The highest BCUT2D eigenvalue weighted by molar-refractivity contribution is 9.10. The van der Waals surface area contributed by atoms with Crippen molar-refractivity contribution in [1.29, 1.82) is 0 Å². The predicted molar refractivity (Wildman–Crippen MR) is 153 cm³/mol. The summed E-state index contributed by atoms with van der Waals surface area (Å²) in [5, 5.41) is 2.80. The molecule has 0 aliphatic rings. The number of esters is 1. The predicted octanol–water partition coefficient (Wildman–Crippen LogP) is 4.81. The molecular formula is C29H37BrN2O7. The highest BCUT2D eigenvalue weighted by Crippen LogP contribution is 2.27. The molecule has 0 saturated heterocycles. The largest absolute Gasteiger partial charge is 0.460 e. The second kappa shape index (κ2) is 16.8. The number of carbonyl (C=O) groups excluding carboxylic acids is 3. The van der Waals surface area contributed by atoms with Crippen LogP contribution in [0.4, 0.5) is 11.4 Å². The molecule has 9 nitrogen and oxygen atoms in total. The van der Waals surface area contributed by atoms with Crippen LogP contribution < -0.4 is 10.2 Å². The van der Waals surface area contributed by atoms with Crippen LogP contribution in [-0.4, -0.2) is 69.6 Å². The highest BCUT2D eigenvalue weighted by Gasteiger charge is 2.17. The van der Waals surface area contributed by atoms with E-state index < -0.39 is 5.60 Å². The van der Waals surface area contributed by atoms with Gasteiger partial charge < -0.3 is 24.3 Å². The van der Waals surface area contributed by atoms with E-state index in [0.717, 1.165) is 4.47 Å². The molecule has 0 aromatic heterocycles. The molecule has 0 bridgehead atoms. The Kier molecular flexibility index (Phi) is 13.9. The average Bonchev–Trinajstić information content (AvgIpc) is 2.89. The van der Waals surface area contributed by atoms with Crippen molar-refractivity contribution in [1.82, 2.24) is 5.32 Å². The lowest BCUT2D eigenvalue weighted by Crippen LogP contribution is -2.28. The first kappa shape index (κ1) is 32.2. The van der Waals surface area contributed by atoms with Crippen molar-refractivity contribution in [2.45, 2.75) is 32.8 Å². The summed E-state index contributed by atoms with van der Waals surface area (Å²) in [6, 6.07) is 14.1. The second-order valence-electron chi connectivity index (χ2n) is 9.33. The van der Waals surface area contributed by atoms with Crippen molar-refractivity contribution in [2.24, 2.45) is 0 Å². The smallest absolute Gasteiger partial charge is 0.308 e. The monoisotopic (exact) mass is 604 g/mol. The van der Waals surface area contributed by atoms with Crippen molar-refractivity contribution in [3.63, 3.8) is 0 Å². The Morgan fingerprint density at radius 1 is 0.846 bits per heavy atom. The maximum Gasteiger partial charge on any atom is 0.308 e. The third-order valence-corrected chi connectivity index (χ3v) is 5.54. The lowest BCUT2D eigenvalue weighted by atomic mass is 10.1. The number of carbonyl (C=O) groups is 3. The first-order valence-electron chi connectivity index (χ1n) is 12.7. The molecule has 0 unspecified atom stereocenters. The molecule has 0 atom stereocenters. The van der Waals surface area contributed by atoms with Crippen LogP contribution in [-0.2, 0) is 28.5 Å². The molecule has 10 heteroatoms. The molecule has 2 aromatic carbocycles. The normalized spacial score (nSPS) is 11.1. The number of halogens is 1. The molecule has 0 radical (unpaired) electrons. The van der Waals surface area contributed by atoms with Gasteiger partial charge in [-0.05, 0) is 75.4 Å². The van der Waals surface area contributed by atoms with Crippen LogP contribution in [0.25, 0.3) is 0 Å². The SMILES string of the molecule is C=CC(=O)N(c1ccc(Br)cc1)c1ccc(C(=O)NCCOCCOCCOCCC(=O)OC(C)(C)C)cc1. The van der Waals surface area contributed by atoms with Gasteiger partial charge in [-0.25, -0.2) is 0 Å². The van der Waals surface area contributed by atoms with E-state index in [-0.39, 0.29) is 30.8 Å². The van der Waals surface area contributed by atoms with Gasteiger partial charge in [0.1, 0.15) is 5.60 Å². The fourth-order valence-corrected chi connectivity index (χ4v) is 3.54. The molecule has 2 aromatic rings. The minimum Gasteiger partial charge on any atom is -0.460 e. The zero-order chi connectivity index (χ0) is 28.7. The lowest BCUT2D eigenvalue weighted by Gasteiger charge is -2.22. The number of anilines is 2. The van der Waals surface area contributed by atoms with Crippen molar-refractivity contribution < 1.29 is 33.3 Å². The number of amides is 2. The van der Waals surface area contributed by atoms with E-state index in [9.17, 15) is 14.4 Å². The van der Waals surface area contributed by atoms with Crippen molar-refractivity contribution in [3.05, 3.63) is 71.2 Å². The third-order valence-electron chi connectivity index (χ3n) is 5.01. The van der Waals surface area contributed by atoms with Crippen LogP contribution in [0.2, 0.25) is 0 Å². The molecular weight excluding hydrogens is 568 g/mol. The number of nitrogens with one attached hydrogen (secondary N) is 1. The molecule has 0 aliphatic heterocycles. The second-order valence-corrected chi connectivity index (χ2v) is 10.2. The zero-order valence-electron chi connectivity index (χ0n) is 22.7. The Labute approximate surface area is 238 Å². The zero-order valence-corrected chi connectivity index (χ0v) is 24.3. The van der Waals surface area contributed by atoms with Gasteiger partial charge in [0.2, 0.25) is 0 Å². The van der Waals surface area contributed by atoms with E-state index in [0.29, 0.717) is 56.5 Å². The maximum absolute atomic E-state index is 12.5. The topological polar surface area (TPSA) is 103 Å². The van der Waals surface area contributed by atoms with Crippen LogP contribution in [0.1, 0.15) is 37.6 Å². The molecule has 0 aliphatic carbocycles. The van der Waals surface area contributed by atoms with Crippen molar-refractivity contribution >= 4 is 45.1 Å². The molecule has 39 heavy (non-hydrogen) atoms. The molecule has 0 fully saturated rings. The van der Waals surface area contributed by atoms with Gasteiger partial charge in [0, 0.05) is 28.0 Å². The summed E-state index contributed by atoms with van der Waals surface area (Å²) in [7, 11) is 0. The minimum absolute atomic E-state index is 0.204. The first-order valence-corrected chi connectivity index (χ1v) is 13.5. The first-order chi connectivity index (χ1) is 18.6. The molecule has 0 saturated carbocycles. The Bertz CT molecular complexity index is 1070. The number of ether oxygens (including phenoxy) is 4. The van der Waals surface area contributed by atoms with Crippen molar-refractivity contribution in [2.75, 3.05) is 51.1 Å². The summed E-state index contributed by atoms with van der Waals surface area (Å²) in [6.07, 6.45) is 1.45. The molecule has 1 N–H and O–H groups in total. The third kappa shape index (κ3) is 12.6. The van der Waals surface area contributed by atoms with Crippen LogP contribution in [0.15, 0.2) is 65.7 Å². The van der Waals surface area contributed by atoms with Gasteiger partial charge in [-0.15, -0.1) is 0 Å². The number of hydrogen-bond acceptors (Lipinski definition) is 7. The van der Waals surface area contributed by atoms with E-state index in [1.54, 1.807) is 24.3 Å². The van der Waals surface area contributed by atoms with Crippen LogP contribution in [0, 0.1) is 0 Å². The van der Waals surface area contributed by atoms with Gasteiger partial charge >= 0.3 is 5.97 Å². The number of benzene rings is 2. The van der Waals surface area contributed by atoms with Crippen LogP contribution in [0.3, 0.4) is 0 Å². The molecule has 2 rings (SSSR count). The number of rotatable bonds is 16. The quantitative estimate of drug-likeness (QED) is 0.166. The Morgan fingerprint density at radius 3 is 1.90 bits per heavy atom. The van der Waals surface area contributed by atoms with E-state index in [1.807, 2.05) is 45.0 Å². The van der Waals surface area contributed by atoms with E-state index >= 15 is 0 Å². The fourth-order valence-electron chi connectivity index (χ4n) is 3.28. The lowest BCUT2D eigenvalue weighted by molar-refractivity contribution is -0.156. The van der Waals surface area contributed by atoms with Gasteiger partial charge in [-0.3, -0.25) is 19.3 Å². The number of hydrogen-bond donors (Lipinski definition) is 1. The van der Waals surface area contributed by atoms with Crippen LogP contribution in [0.5, 0.6) is 0 Å². The highest BCUT2D eigenvalue weighted by atomic mass is 79.9. The van der Waals surface area contributed by atoms with Gasteiger partial charge in [-0.1, -0.05) is 22.5 Å². The van der Waals surface area contributed by atoms with E-state index in [4.69, 9.17) is 18.9 Å². The van der Waals surface area contributed by atoms with Crippen LogP contribution >= 0.6 is 15.9 Å². The summed E-state index contributed by atoms with van der Waals surface area (Å²) in [6.45, 7) is 11.6. The Morgan fingerprint density at radius 2 is 1.36 bits per heavy atom. The maximum atomic E-state index is 12.5. The fraction of sp³-hybridized carbons (Fsp3) is 0.414. The van der Waals surface area contributed by atoms with E-state index in [2.05, 4.69) is 27.8 Å². The average molecular weight is 606 g/mol. The Hall–Kier alpha value is -3.05. The minimum atomic E-state index is -0.494. The summed E-state index contributed by atoms with van der Waals surface area (Å²) >= 11 is 3.39. The van der Waals surface area contributed by atoms with Crippen molar-refractivity contribution in [3.8, 4) is 0 Å². The summed E-state index contributed by atoms with van der Waals surface area (Å²) in [5.41, 5.74) is 1.28. The molecule has 0 spiro atoms. The van der Waals surface area contributed by atoms with Gasteiger partial charge in [0.05, 0.1) is 46.1 Å². The standard InChI is InChI=1S/C29H37BrN2O7/c1-5-26(33)32(25-12-8-23(30)9-13-25)24-10-6-22(7-11-24)28(35)31-15-17-37-19-21-38-20-18-36-16-14-27(34)39-29(2,3)4/h5-13H,1,14-21H2,2-4H3,(H,31,35). The van der Waals surface area contributed by atoms with Gasteiger partial charge in [0.25, 0.3) is 11.8 Å². The summed E-state index contributed by atoms with van der Waals surface area (Å²) < 4.78 is 22.4. The molecule has 2 amide bonds. The Balaban J connectivity index is 1.61. The molecule has 0 heterocycles. The number of nitrogens with zero attached hydrogens (tertiary/aromatic N) is 1. The summed E-state index contributed by atoms with van der Waals surface area (Å²) in [4.78, 5) is 38.0. The molecule has 212 valence electrons. The van der Waals surface area contributed by atoms with Gasteiger partial charge in [-0.2, -0.15) is 0 Å². The summed E-state index contributed by atoms with van der Waals surface area (Å²) in [5.74, 6) is -0.805. The van der Waals surface area contributed by atoms with E-state index in [1.165, 1.54) is 11.0 Å².